The molecule has 1 aromatic rings. The van der Waals surface area contributed by atoms with Gasteiger partial charge in [0.05, 0.1) is 12.7 Å². The molecule has 1 N–H and O–H groups in total. The first-order chi connectivity index (χ1) is 8.70. The van der Waals surface area contributed by atoms with Crippen LogP contribution in [0.25, 0.3) is 0 Å². The zero-order valence-corrected chi connectivity index (χ0v) is 10.0. The van der Waals surface area contributed by atoms with E-state index in [0.717, 1.165) is 25.7 Å². The molecule has 6 heteroatoms. The van der Waals surface area contributed by atoms with Crippen molar-refractivity contribution >= 4 is 11.8 Å². The van der Waals surface area contributed by atoms with Crippen molar-refractivity contribution in [2.45, 2.75) is 37.8 Å². The van der Waals surface area contributed by atoms with Crippen molar-refractivity contribution in [1.29, 1.82) is 0 Å². The Morgan fingerprint density at radius 1 is 1.39 bits per heavy atom. The first kappa shape index (κ1) is 11.3. The summed E-state index contributed by atoms with van der Waals surface area (Å²) < 4.78 is 5.00. The second-order valence-corrected chi connectivity index (χ2v) is 4.98. The van der Waals surface area contributed by atoms with Crippen LogP contribution in [0, 0.1) is 0 Å². The number of hydrogen-bond acceptors (Lipinski definition) is 4. The summed E-state index contributed by atoms with van der Waals surface area (Å²) in [4.78, 5) is 25.8. The van der Waals surface area contributed by atoms with E-state index in [-0.39, 0.29) is 18.4 Å². The molecule has 1 aromatic heterocycles. The fourth-order valence-electron chi connectivity index (χ4n) is 2.86. The Balaban J connectivity index is 1.81. The van der Waals surface area contributed by atoms with Gasteiger partial charge in [0, 0.05) is 6.07 Å². The number of aromatic nitrogens is 1. The van der Waals surface area contributed by atoms with E-state index in [9.17, 15) is 9.59 Å². The first-order valence-electron chi connectivity index (χ1n) is 6.20. The van der Waals surface area contributed by atoms with E-state index < -0.39 is 5.54 Å². The SMILES string of the molecule is O=C1CN(Cc2ccno2)C(=O)C2(CCCC2)N1. The molecule has 1 saturated carbocycles. The molecule has 1 spiro atoms. The Kier molecular flexibility index (Phi) is 2.57. The zero-order chi connectivity index (χ0) is 12.6. The maximum absolute atomic E-state index is 12.5. The van der Waals surface area contributed by atoms with Gasteiger partial charge in [-0.3, -0.25) is 9.59 Å². The van der Waals surface area contributed by atoms with Gasteiger partial charge in [0.15, 0.2) is 5.76 Å². The van der Waals surface area contributed by atoms with Crippen LogP contribution in [0.4, 0.5) is 0 Å². The molecule has 2 fully saturated rings. The third kappa shape index (κ3) is 1.77. The van der Waals surface area contributed by atoms with Crippen LogP contribution in [0.2, 0.25) is 0 Å². The molecule has 3 rings (SSSR count). The van der Waals surface area contributed by atoms with E-state index in [4.69, 9.17) is 4.52 Å². The minimum absolute atomic E-state index is 0.0102. The maximum atomic E-state index is 12.5. The molecule has 18 heavy (non-hydrogen) atoms. The number of nitrogens with one attached hydrogen (secondary N) is 1. The van der Waals surface area contributed by atoms with Crippen molar-refractivity contribution in [3.05, 3.63) is 18.0 Å². The average molecular weight is 249 g/mol. The number of rotatable bonds is 2. The third-order valence-corrected chi connectivity index (χ3v) is 3.70. The molecule has 2 heterocycles. The van der Waals surface area contributed by atoms with Gasteiger partial charge >= 0.3 is 0 Å². The highest BCUT2D eigenvalue weighted by Gasteiger charge is 2.48. The summed E-state index contributed by atoms with van der Waals surface area (Å²) >= 11 is 0. The number of carbonyl (C=O) groups excluding carboxylic acids is 2. The lowest BCUT2D eigenvalue weighted by Crippen LogP contribution is -2.65. The lowest BCUT2D eigenvalue weighted by Gasteiger charge is -2.39. The van der Waals surface area contributed by atoms with E-state index >= 15 is 0 Å². The molecule has 0 atom stereocenters. The van der Waals surface area contributed by atoms with E-state index in [2.05, 4.69) is 10.5 Å². The van der Waals surface area contributed by atoms with Crippen LogP contribution in [-0.2, 0) is 16.1 Å². The van der Waals surface area contributed by atoms with Crippen molar-refractivity contribution in [2.75, 3.05) is 6.54 Å². The Bertz CT molecular complexity index is 463. The van der Waals surface area contributed by atoms with Crippen LogP contribution < -0.4 is 5.32 Å². The van der Waals surface area contributed by atoms with E-state index in [0.29, 0.717) is 12.3 Å². The summed E-state index contributed by atoms with van der Waals surface area (Å²) in [6.45, 7) is 0.412. The molecule has 96 valence electrons. The molecular formula is C12H15N3O3. The summed E-state index contributed by atoms with van der Waals surface area (Å²) in [7, 11) is 0. The largest absolute Gasteiger partial charge is 0.360 e. The Labute approximate surface area is 104 Å². The lowest BCUT2D eigenvalue weighted by molar-refractivity contribution is -0.150. The van der Waals surface area contributed by atoms with Gasteiger partial charge in [-0.25, -0.2) is 0 Å². The predicted molar refractivity (Wildman–Crippen MR) is 61.3 cm³/mol. The smallest absolute Gasteiger partial charge is 0.249 e. The van der Waals surface area contributed by atoms with Crippen LogP contribution in [-0.4, -0.2) is 34.0 Å². The molecule has 2 aliphatic rings. The predicted octanol–water partition coefficient (Wildman–Crippen LogP) is 0.446. The van der Waals surface area contributed by atoms with Gasteiger partial charge in [-0.1, -0.05) is 18.0 Å². The molecule has 2 amide bonds. The molecule has 6 nitrogen and oxygen atoms in total. The van der Waals surface area contributed by atoms with Gasteiger partial charge in [0.2, 0.25) is 11.8 Å². The summed E-state index contributed by atoms with van der Waals surface area (Å²) in [6, 6.07) is 1.71. The van der Waals surface area contributed by atoms with E-state index in [1.165, 1.54) is 6.20 Å². The molecule has 0 unspecified atom stereocenters. The highest BCUT2D eigenvalue weighted by atomic mass is 16.5. The van der Waals surface area contributed by atoms with Gasteiger partial charge in [-0.05, 0) is 12.8 Å². The molecule has 0 aromatic carbocycles. The molecule has 1 aliphatic heterocycles. The first-order valence-corrected chi connectivity index (χ1v) is 6.20. The van der Waals surface area contributed by atoms with Gasteiger partial charge in [0.1, 0.15) is 12.1 Å². The van der Waals surface area contributed by atoms with Crippen LogP contribution in [0.15, 0.2) is 16.8 Å². The zero-order valence-electron chi connectivity index (χ0n) is 10.0. The summed E-state index contributed by atoms with van der Waals surface area (Å²) in [6.07, 6.45) is 4.99. The second kappa shape index (κ2) is 4.12. The van der Waals surface area contributed by atoms with Gasteiger partial charge in [-0.2, -0.15) is 0 Å². The average Bonchev–Trinajstić information content (AvgIpc) is 2.97. The summed E-state index contributed by atoms with van der Waals surface area (Å²) in [5.41, 5.74) is -0.657. The maximum Gasteiger partial charge on any atom is 0.249 e. The second-order valence-electron chi connectivity index (χ2n) is 4.98. The summed E-state index contributed by atoms with van der Waals surface area (Å²) in [5, 5.41) is 6.48. The fourth-order valence-corrected chi connectivity index (χ4v) is 2.86. The van der Waals surface area contributed by atoms with Crippen molar-refractivity contribution in [3.8, 4) is 0 Å². The topological polar surface area (TPSA) is 75.4 Å². The monoisotopic (exact) mass is 249 g/mol. The highest BCUT2D eigenvalue weighted by molar-refractivity contribution is 5.98. The molecule has 1 aliphatic carbocycles. The number of piperazine rings is 1. The van der Waals surface area contributed by atoms with Crippen molar-refractivity contribution < 1.29 is 14.1 Å². The van der Waals surface area contributed by atoms with Crippen molar-refractivity contribution in [2.24, 2.45) is 0 Å². The van der Waals surface area contributed by atoms with E-state index in [1.54, 1.807) is 11.0 Å². The molecule has 0 bridgehead atoms. The van der Waals surface area contributed by atoms with Gasteiger partial charge < -0.3 is 14.7 Å². The molecular weight excluding hydrogens is 234 g/mol. The standard InChI is InChI=1S/C12H15N3O3/c16-10-8-15(7-9-3-6-13-18-9)11(17)12(14-10)4-1-2-5-12/h3,6H,1-2,4-5,7-8H2,(H,14,16). The van der Waals surface area contributed by atoms with Gasteiger partial charge in [-0.15, -0.1) is 0 Å². The lowest BCUT2D eigenvalue weighted by atomic mass is 9.93. The van der Waals surface area contributed by atoms with E-state index in [1.807, 2.05) is 0 Å². The minimum Gasteiger partial charge on any atom is -0.360 e. The highest BCUT2D eigenvalue weighted by Crippen LogP contribution is 2.33. The number of amides is 2. The third-order valence-electron chi connectivity index (χ3n) is 3.70. The fraction of sp³-hybridized carbons (Fsp3) is 0.583. The number of nitrogens with zero attached hydrogens (tertiary/aromatic N) is 2. The quantitative estimate of drug-likeness (QED) is 0.825. The van der Waals surface area contributed by atoms with Crippen LogP contribution >= 0.6 is 0 Å². The molecule has 1 saturated heterocycles. The summed E-state index contributed by atoms with van der Waals surface area (Å²) in [5.74, 6) is 0.526. The van der Waals surface area contributed by atoms with Crippen LogP contribution in [0.3, 0.4) is 0 Å². The molecule has 0 radical (unpaired) electrons. The Morgan fingerprint density at radius 3 is 2.83 bits per heavy atom. The van der Waals surface area contributed by atoms with Crippen LogP contribution in [0.1, 0.15) is 31.4 Å². The number of carbonyl (C=O) groups is 2. The Hall–Kier alpha value is -1.85. The normalized spacial score (nSPS) is 22.6. The Morgan fingerprint density at radius 2 is 2.17 bits per heavy atom. The van der Waals surface area contributed by atoms with Gasteiger partial charge in [0.25, 0.3) is 0 Å². The van der Waals surface area contributed by atoms with Crippen LogP contribution in [0.5, 0.6) is 0 Å². The minimum atomic E-state index is -0.657. The number of hydrogen-bond donors (Lipinski definition) is 1. The van der Waals surface area contributed by atoms with Crippen molar-refractivity contribution in [3.63, 3.8) is 0 Å². The van der Waals surface area contributed by atoms with Crippen molar-refractivity contribution in [1.82, 2.24) is 15.4 Å².